The van der Waals surface area contributed by atoms with Gasteiger partial charge in [-0.1, -0.05) is 12.1 Å². The Labute approximate surface area is 123 Å². The zero-order valence-corrected chi connectivity index (χ0v) is 12.5. The number of hydrogen-bond donors (Lipinski definition) is 2. The molecule has 0 fully saturated rings. The first-order valence-electron chi connectivity index (χ1n) is 6.63. The van der Waals surface area contributed by atoms with E-state index >= 15 is 0 Å². The summed E-state index contributed by atoms with van der Waals surface area (Å²) >= 11 is 0. The lowest BCUT2D eigenvalue weighted by Crippen LogP contribution is -2.25. The summed E-state index contributed by atoms with van der Waals surface area (Å²) in [5.41, 5.74) is 0.891. The van der Waals surface area contributed by atoms with Crippen LogP contribution in [-0.4, -0.2) is 34.9 Å². The van der Waals surface area contributed by atoms with Gasteiger partial charge in [0.05, 0.1) is 11.4 Å². The zero-order valence-electron chi connectivity index (χ0n) is 11.7. The smallest absolute Gasteiger partial charge is 0.240 e. The molecule has 0 saturated heterocycles. The summed E-state index contributed by atoms with van der Waals surface area (Å²) in [6.45, 7) is 2.74. The molecule has 2 rings (SSSR count). The summed E-state index contributed by atoms with van der Waals surface area (Å²) in [4.78, 5) is 0.187. The Kier molecular flexibility index (Phi) is 5.05. The van der Waals surface area contributed by atoms with Crippen molar-refractivity contribution < 1.29 is 13.5 Å². The van der Waals surface area contributed by atoms with E-state index in [2.05, 4.69) is 14.9 Å². The number of aliphatic hydroxyl groups excluding tert-OH is 1. The Bertz CT molecular complexity index is 680. The Hall–Kier alpha value is -1.77. The molecular weight excluding hydrogens is 292 g/mol. The number of nitrogens with zero attached hydrogens (tertiary/aromatic N) is 3. The van der Waals surface area contributed by atoms with Gasteiger partial charge in [0.2, 0.25) is 10.0 Å². The van der Waals surface area contributed by atoms with Gasteiger partial charge in [0.25, 0.3) is 0 Å². The van der Waals surface area contributed by atoms with Gasteiger partial charge in [-0.3, -0.25) is 0 Å². The average molecular weight is 310 g/mol. The molecule has 1 aromatic carbocycles. The minimum atomic E-state index is -3.59. The van der Waals surface area contributed by atoms with Crippen LogP contribution < -0.4 is 4.72 Å². The number of aryl methyl sites for hydroxylation is 1. The molecule has 0 spiro atoms. The molecule has 1 aromatic heterocycles. The molecule has 7 nitrogen and oxygen atoms in total. The van der Waals surface area contributed by atoms with Crippen molar-refractivity contribution in [1.82, 2.24) is 19.5 Å². The monoisotopic (exact) mass is 310 g/mol. The van der Waals surface area contributed by atoms with Gasteiger partial charge in [0, 0.05) is 13.2 Å². The first kappa shape index (κ1) is 15.6. The second-order valence-electron chi connectivity index (χ2n) is 4.48. The highest BCUT2D eigenvalue weighted by Gasteiger charge is 2.15. The molecule has 0 amide bonds. The van der Waals surface area contributed by atoms with Crippen LogP contribution in [0.1, 0.15) is 18.3 Å². The molecule has 21 heavy (non-hydrogen) atoms. The molecule has 0 saturated carbocycles. The molecule has 0 aliphatic carbocycles. The number of aromatic nitrogens is 3. The molecule has 0 atom stereocenters. The maximum atomic E-state index is 12.2. The summed E-state index contributed by atoms with van der Waals surface area (Å²) in [6, 6.07) is 6.44. The summed E-state index contributed by atoms with van der Waals surface area (Å²) in [5, 5.41) is 16.5. The fourth-order valence-electron chi connectivity index (χ4n) is 1.89. The maximum absolute atomic E-state index is 12.2. The van der Waals surface area contributed by atoms with E-state index in [1.807, 2.05) is 6.92 Å². The van der Waals surface area contributed by atoms with E-state index in [0.717, 1.165) is 5.56 Å². The van der Waals surface area contributed by atoms with E-state index in [0.29, 0.717) is 18.8 Å². The highest BCUT2D eigenvalue weighted by molar-refractivity contribution is 7.89. The topological polar surface area (TPSA) is 97.1 Å². The highest BCUT2D eigenvalue weighted by Crippen LogP contribution is 2.11. The van der Waals surface area contributed by atoms with Crippen LogP contribution in [0.15, 0.2) is 35.5 Å². The summed E-state index contributed by atoms with van der Waals surface area (Å²) in [6.07, 6.45) is 2.07. The van der Waals surface area contributed by atoms with Gasteiger partial charge in [0.1, 0.15) is 12.2 Å². The van der Waals surface area contributed by atoms with Crippen molar-refractivity contribution in [2.45, 2.75) is 31.3 Å². The molecule has 0 unspecified atom stereocenters. The molecule has 114 valence electrons. The van der Waals surface area contributed by atoms with Gasteiger partial charge in [-0.25, -0.2) is 13.1 Å². The van der Waals surface area contributed by atoms with E-state index in [9.17, 15) is 8.42 Å². The van der Waals surface area contributed by atoms with Crippen LogP contribution in [0.5, 0.6) is 0 Å². The second kappa shape index (κ2) is 6.79. The first-order chi connectivity index (χ1) is 10.1. The van der Waals surface area contributed by atoms with Crippen molar-refractivity contribution in [3.8, 4) is 0 Å². The number of benzene rings is 1. The third-order valence-electron chi connectivity index (χ3n) is 3.09. The van der Waals surface area contributed by atoms with Gasteiger partial charge in [-0.05, 0) is 31.0 Å². The quantitative estimate of drug-likeness (QED) is 0.767. The molecule has 0 bridgehead atoms. The molecule has 0 radical (unpaired) electrons. The van der Waals surface area contributed by atoms with Crippen LogP contribution in [0.25, 0.3) is 0 Å². The summed E-state index contributed by atoms with van der Waals surface area (Å²) in [5.74, 6) is 0.568. The Morgan fingerprint density at radius 1 is 1.29 bits per heavy atom. The van der Waals surface area contributed by atoms with E-state index in [1.54, 1.807) is 23.0 Å². The van der Waals surface area contributed by atoms with Crippen LogP contribution in [0.2, 0.25) is 0 Å². The lowest BCUT2D eigenvalue weighted by Gasteiger charge is -2.08. The van der Waals surface area contributed by atoms with Crippen molar-refractivity contribution >= 4 is 10.0 Å². The van der Waals surface area contributed by atoms with Crippen molar-refractivity contribution in [2.75, 3.05) is 6.61 Å². The van der Waals surface area contributed by atoms with Crippen LogP contribution in [0, 0.1) is 0 Å². The highest BCUT2D eigenvalue weighted by atomic mass is 32.2. The number of aliphatic hydroxyl groups is 1. The molecule has 0 aliphatic rings. The Morgan fingerprint density at radius 2 is 2.00 bits per heavy atom. The molecule has 0 aliphatic heterocycles. The third kappa shape index (κ3) is 3.87. The van der Waals surface area contributed by atoms with E-state index in [1.165, 1.54) is 12.1 Å². The Morgan fingerprint density at radius 3 is 2.62 bits per heavy atom. The molecule has 1 heterocycles. The van der Waals surface area contributed by atoms with Gasteiger partial charge in [0.15, 0.2) is 0 Å². The maximum Gasteiger partial charge on any atom is 0.240 e. The number of hydrogen-bond acceptors (Lipinski definition) is 5. The molecular formula is C13H18N4O3S. The van der Waals surface area contributed by atoms with Crippen molar-refractivity contribution in [3.05, 3.63) is 42.0 Å². The van der Waals surface area contributed by atoms with Gasteiger partial charge < -0.3 is 9.67 Å². The fourth-order valence-corrected chi connectivity index (χ4v) is 2.87. The SMILES string of the molecule is CCn1cnnc1CNS(=O)(=O)c1ccc(CCO)cc1. The largest absolute Gasteiger partial charge is 0.396 e. The Balaban J connectivity index is 2.07. The standard InChI is InChI=1S/C13H18N4O3S/c1-2-17-10-14-16-13(17)9-15-21(19,20)12-5-3-11(4-6-12)7-8-18/h3-6,10,15,18H,2,7-9H2,1H3. The predicted octanol–water partition coefficient (Wildman–Crippen LogP) is 0.311. The lowest BCUT2D eigenvalue weighted by molar-refractivity contribution is 0.299. The molecule has 2 N–H and O–H groups in total. The number of rotatable bonds is 7. The number of sulfonamides is 1. The van der Waals surface area contributed by atoms with Crippen molar-refractivity contribution in [3.63, 3.8) is 0 Å². The molecule has 2 aromatic rings. The van der Waals surface area contributed by atoms with Crippen LogP contribution in [-0.2, 0) is 29.5 Å². The van der Waals surface area contributed by atoms with Gasteiger partial charge >= 0.3 is 0 Å². The zero-order chi connectivity index (χ0) is 15.3. The van der Waals surface area contributed by atoms with E-state index in [-0.39, 0.29) is 18.0 Å². The number of nitrogens with one attached hydrogen (secondary N) is 1. The normalized spacial score (nSPS) is 11.7. The minimum Gasteiger partial charge on any atom is -0.396 e. The predicted molar refractivity (Wildman–Crippen MR) is 77.0 cm³/mol. The third-order valence-corrected chi connectivity index (χ3v) is 4.51. The summed E-state index contributed by atoms with van der Waals surface area (Å²) in [7, 11) is -3.59. The average Bonchev–Trinajstić information content (AvgIpc) is 2.94. The van der Waals surface area contributed by atoms with Crippen LogP contribution >= 0.6 is 0 Å². The minimum absolute atomic E-state index is 0.0387. The first-order valence-corrected chi connectivity index (χ1v) is 8.11. The van der Waals surface area contributed by atoms with Crippen molar-refractivity contribution in [1.29, 1.82) is 0 Å². The van der Waals surface area contributed by atoms with Gasteiger partial charge in [-0.2, -0.15) is 0 Å². The van der Waals surface area contributed by atoms with E-state index < -0.39 is 10.0 Å². The van der Waals surface area contributed by atoms with Crippen LogP contribution in [0.4, 0.5) is 0 Å². The second-order valence-corrected chi connectivity index (χ2v) is 6.24. The van der Waals surface area contributed by atoms with E-state index in [4.69, 9.17) is 5.11 Å². The fraction of sp³-hybridized carbons (Fsp3) is 0.385. The van der Waals surface area contributed by atoms with Crippen molar-refractivity contribution in [2.24, 2.45) is 0 Å². The van der Waals surface area contributed by atoms with Crippen LogP contribution in [0.3, 0.4) is 0 Å². The molecule has 8 heteroatoms. The van der Waals surface area contributed by atoms with Gasteiger partial charge in [-0.15, -0.1) is 10.2 Å². The lowest BCUT2D eigenvalue weighted by atomic mass is 10.2. The summed E-state index contributed by atoms with van der Waals surface area (Å²) < 4.78 is 28.6.